The molecular formula is C25H32F3N5O3. The summed E-state index contributed by atoms with van der Waals surface area (Å²) in [5.41, 5.74) is 2.82. The van der Waals surface area contributed by atoms with Gasteiger partial charge in [-0.05, 0) is 49.3 Å². The number of ether oxygens (including phenoxy) is 2. The van der Waals surface area contributed by atoms with Gasteiger partial charge in [-0.3, -0.25) is 4.79 Å². The first-order chi connectivity index (χ1) is 17.3. The quantitative estimate of drug-likeness (QED) is 0.424. The van der Waals surface area contributed by atoms with Crippen molar-refractivity contribution in [1.82, 2.24) is 20.6 Å². The number of carbonyl (C=O) groups is 1. The molecule has 1 aromatic heterocycles. The van der Waals surface area contributed by atoms with Crippen LogP contribution in [0.15, 0.2) is 30.6 Å². The standard InChI is InChI=1S/C25H32F3N5O3/c1-16-2-7-21-22(16)23(33-15-32-21)29-10-11-30-24(34)20(14-31-18-8-12-35-13-9-18)17-3-5-19(6-4-17)36-25(26,27)28/h3-6,15-16,18,20,31H,2,7-14H2,1H3,(H,30,34)(H,29,32,33)/t16-,20-/m1/s1. The molecule has 3 N–H and O–H groups in total. The van der Waals surface area contributed by atoms with Gasteiger partial charge in [-0.1, -0.05) is 19.1 Å². The number of anilines is 1. The van der Waals surface area contributed by atoms with Crippen LogP contribution >= 0.6 is 0 Å². The van der Waals surface area contributed by atoms with Crippen LogP contribution < -0.4 is 20.7 Å². The van der Waals surface area contributed by atoms with E-state index >= 15 is 0 Å². The molecule has 1 amide bonds. The first-order valence-corrected chi connectivity index (χ1v) is 12.3. The first kappa shape index (κ1) is 26.2. The second-order valence-corrected chi connectivity index (χ2v) is 9.20. The molecule has 1 fully saturated rings. The Labute approximate surface area is 208 Å². The zero-order valence-corrected chi connectivity index (χ0v) is 20.2. The first-order valence-electron chi connectivity index (χ1n) is 12.3. The van der Waals surface area contributed by atoms with Gasteiger partial charge >= 0.3 is 6.36 Å². The Hall–Kier alpha value is -2.92. The highest BCUT2D eigenvalue weighted by Gasteiger charge is 2.31. The smallest absolute Gasteiger partial charge is 0.406 e. The van der Waals surface area contributed by atoms with Crippen molar-refractivity contribution in [1.29, 1.82) is 0 Å². The highest BCUT2D eigenvalue weighted by atomic mass is 19.4. The minimum Gasteiger partial charge on any atom is -0.406 e. The lowest BCUT2D eigenvalue weighted by Crippen LogP contribution is -2.42. The van der Waals surface area contributed by atoms with Crippen molar-refractivity contribution in [3.8, 4) is 5.75 Å². The topological polar surface area (TPSA) is 97.4 Å². The average Bonchev–Trinajstić information content (AvgIpc) is 3.24. The van der Waals surface area contributed by atoms with Crippen molar-refractivity contribution < 1.29 is 27.4 Å². The van der Waals surface area contributed by atoms with E-state index in [0.29, 0.717) is 44.3 Å². The van der Waals surface area contributed by atoms with Crippen LogP contribution in [0.1, 0.15) is 54.8 Å². The van der Waals surface area contributed by atoms with Gasteiger partial charge in [-0.15, -0.1) is 13.2 Å². The van der Waals surface area contributed by atoms with E-state index in [4.69, 9.17) is 4.74 Å². The SMILES string of the molecule is C[C@@H]1CCc2ncnc(NCCNC(=O)[C@H](CNC3CCOCC3)c3ccc(OC(F)(F)F)cc3)c21. The monoisotopic (exact) mass is 507 g/mol. The summed E-state index contributed by atoms with van der Waals surface area (Å²) < 4.78 is 46.9. The third kappa shape index (κ3) is 7.07. The number of nitrogens with one attached hydrogen (secondary N) is 3. The maximum Gasteiger partial charge on any atom is 0.573 e. The van der Waals surface area contributed by atoms with Crippen molar-refractivity contribution >= 4 is 11.7 Å². The maximum absolute atomic E-state index is 13.1. The minimum absolute atomic E-state index is 0.206. The number of alkyl halides is 3. The molecule has 8 nitrogen and oxygen atoms in total. The third-order valence-corrected chi connectivity index (χ3v) is 6.65. The fraction of sp³-hybridized carbons (Fsp3) is 0.560. The Balaban J connectivity index is 1.36. The van der Waals surface area contributed by atoms with Crippen LogP contribution in [0.3, 0.4) is 0 Å². The molecule has 2 aromatic rings. The molecule has 0 unspecified atom stereocenters. The van der Waals surface area contributed by atoms with Crippen LogP contribution in [-0.2, 0) is 16.0 Å². The number of aromatic nitrogens is 2. The molecule has 2 atom stereocenters. The van der Waals surface area contributed by atoms with E-state index in [1.165, 1.54) is 24.3 Å². The highest BCUT2D eigenvalue weighted by molar-refractivity contribution is 5.84. The Morgan fingerprint density at radius 2 is 1.89 bits per heavy atom. The van der Waals surface area contributed by atoms with Crippen LogP contribution in [-0.4, -0.2) is 61.1 Å². The van der Waals surface area contributed by atoms with Crippen molar-refractivity contribution in [2.45, 2.75) is 56.8 Å². The molecule has 2 aliphatic rings. The van der Waals surface area contributed by atoms with Gasteiger partial charge in [0.05, 0.1) is 5.92 Å². The zero-order valence-electron chi connectivity index (χ0n) is 20.2. The number of fused-ring (bicyclic) bond motifs is 1. The Bertz CT molecular complexity index is 1010. The summed E-state index contributed by atoms with van der Waals surface area (Å²) in [7, 11) is 0. The number of benzene rings is 1. The van der Waals surface area contributed by atoms with Crippen molar-refractivity contribution in [2.24, 2.45) is 0 Å². The van der Waals surface area contributed by atoms with Crippen molar-refractivity contribution in [3.05, 3.63) is 47.4 Å². The molecule has 0 saturated carbocycles. The van der Waals surface area contributed by atoms with Gasteiger partial charge in [0.25, 0.3) is 0 Å². The minimum atomic E-state index is -4.77. The molecule has 1 aliphatic heterocycles. The second kappa shape index (κ2) is 11.9. The Morgan fingerprint density at radius 3 is 2.61 bits per heavy atom. The molecule has 196 valence electrons. The molecule has 36 heavy (non-hydrogen) atoms. The van der Waals surface area contributed by atoms with Gasteiger partial charge in [0.1, 0.15) is 17.9 Å². The number of hydrogen-bond donors (Lipinski definition) is 3. The fourth-order valence-electron chi connectivity index (χ4n) is 4.73. The molecule has 0 bridgehead atoms. The molecule has 0 radical (unpaired) electrons. The number of rotatable bonds is 10. The summed E-state index contributed by atoms with van der Waals surface area (Å²) in [6, 6.07) is 5.69. The van der Waals surface area contributed by atoms with E-state index in [9.17, 15) is 18.0 Å². The predicted molar refractivity (Wildman–Crippen MR) is 128 cm³/mol. The molecule has 1 aromatic carbocycles. The summed E-state index contributed by atoms with van der Waals surface area (Å²) in [6.07, 6.45) is 0.475. The fourth-order valence-corrected chi connectivity index (χ4v) is 4.73. The lowest BCUT2D eigenvalue weighted by atomic mass is 9.97. The van der Waals surface area contributed by atoms with E-state index < -0.39 is 12.3 Å². The molecule has 2 heterocycles. The summed E-state index contributed by atoms with van der Waals surface area (Å²) in [4.78, 5) is 21.9. The van der Waals surface area contributed by atoms with E-state index in [-0.39, 0.29) is 17.7 Å². The van der Waals surface area contributed by atoms with Crippen LogP contribution in [0.2, 0.25) is 0 Å². The third-order valence-electron chi connectivity index (χ3n) is 6.65. The maximum atomic E-state index is 13.1. The van der Waals surface area contributed by atoms with E-state index in [1.807, 2.05) is 0 Å². The number of halogens is 3. The lowest BCUT2D eigenvalue weighted by Gasteiger charge is -2.26. The largest absolute Gasteiger partial charge is 0.573 e. The summed E-state index contributed by atoms with van der Waals surface area (Å²) in [5, 5.41) is 9.67. The Morgan fingerprint density at radius 1 is 1.14 bits per heavy atom. The van der Waals surface area contributed by atoms with Gasteiger partial charge < -0.3 is 25.4 Å². The van der Waals surface area contributed by atoms with E-state index in [0.717, 1.165) is 42.8 Å². The van der Waals surface area contributed by atoms with Gasteiger partial charge in [0.2, 0.25) is 5.91 Å². The van der Waals surface area contributed by atoms with Crippen LogP contribution in [0, 0.1) is 0 Å². The lowest BCUT2D eigenvalue weighted by molar-refractivity contribution is -0.274. The second-order valence-electron chi connectivity index (χ2n) is 9.20. The van der Waals surface area contributed by atoms with E-state index in [1.54, 1.807) is 6.33 Å². The Kier molecular flexibility index (Phi) is 8.63. The predicted octanol–water partition coefficient (Wildman–Crippen LogP) is 3.51. The summed E-state index contributed by atoms with van der Waals surface area (Å²) in [5.74, 6) is 0.0947. The van der Waals surface area contributed by atoms with Gasteiger partial charge in [-0.25, -0.2) is 9.97 Å². The number of carbonyl (C=O) groups excluding carboxylic acids is 1. The van der Waals surface area contributed by atoms with Gasteiger partial charge in [0, 0.05) is 50.1 Å². The summed E-state index contributed by atoms with van der Waals surface area (Å²) in [6.45, 7) is 4.70. The van der Waals surface area contributed by atoms with Crippen LogP contribution in [0.25, 0.3) is 0 Å². The molecule has 0 spiro atoms. The van der Waals surface area contributed by atoms with Gasteiger partial charge in [0.15, 0.2) is 0 Å². The van der Waals surface area contributed by atoms with Gasteiger partial charge in [-0.2, -0.15) is 0 Å². The average molecular weight is 508 g/mol. The normalized spacial score (nSPS) is 18.9. The van der Waals surface area contributed by atoms with Crippen molar-refractivity contribution in [3.63, 3.8) is 0 Å². The van der Waals surface area contributed by atoms with Crippen LogP contribution in [0.4, 0.5) is 19.0 Å². The number of amides is 1. The number of hydrogen-bond acceptors (Lipinski definition) is 7. The molecule has 11 heteroatoms. The molecule has 4 rings (SSSR count). The molecule has 1 aliphatic carbocycles. The molecular weight excluding hydrogens is 475 g/mol. The van der Waals surface area contributed by atoms with Crippen LogP contribution in [0.5, 0.6) is 5.75 Å². The van der Waals surface area contributed by atoms with Crippen molar-refractivity contribution in [2.75, 3.05) is 38.2 Å². The number of nitrogens with zero attached hydrogens (tertiary/aromatic N) is 2. The van der Waals surface area contributed by atoms with E-state index in [2.05, 4.69) is 37.6 Å². The number of aryl methyl sites for hydroxylation is 1. The molecule has 1 saturated heterocycles. The highest BCUT2D eigenvalue weighted by Crippen LogP contribution is 2.35. The summed E-state index contributed by atoms with van der Waals surface area (Å²) >= 11 is 0. The zero-order chi connectivity index (χ0) is 25.5.